The molecule has 154 valence electrons. The molecule has 0 amide bonds. The zero-order valence-electron chi connectivity index (χ0n) is 15.8. The van der Waals surface area contributed by atoms with Gasteiger partial charge in [0.25, 0.3) is 5.56 Å². The first kappa shape index (κ1) is 20.4. The van der Waals surface area contributed by atoms with Crippen LogP contribution in [-0.2, 0) is 6.61 Å². The van der Waals surface area contributed by atoms with Crippen LogP contribution in [-0.4, -0.2) is 9.38 Å². The van der Waals surface area contributed by atoms with Gasteiger partial charge in [0.1, 0.15) is 18.2 Å². The van der Waals surface area contributed by atoms with Crippen LogP contribution in [0.5, 0.6) is 5.75 Å². The van der Waals surface area contributed by atoms with E-state index >= 15 is 0 Å². The minimum absolute atomic E-state index is 0.0904. The smallest absolute Gasteiger partial charge is 0.274 e. The molecular formula is C23H13Br2FN2O2S. The largest absolute Gasteiger partial charge is 0.487 e. The number of thiazole rings is 1. The van der Waals surface area contributed by atoms with Gasteiger partial charge in [0.05, 0.1) is 24.5 Å². The Morgan fingerprint density at radius 3 is 2.61 bits per heavy atom. The lowest BCUT2D eigenvalue weighted by Crippen LogP contribution is -2.22. The van der Waals surface area contributed by atoms with E-state index in [1.807, 2.05) is 42.5 Å². The van der Waals surface area contributed by atoms with Gasteiger partial charge in [0.15, 0.2) is 4.96 Å². The highest BCUT2D eigenvalue weighted by Gasteiger charge is 2.12. The first-order valence-electron chi connectivity index (χ1n) is 9.27. The Bertz CT molecular complexity index is 1540. The second kappa shape index (κ2) is 8.18. The SMILES string of the molecule is O=c1/c(=C/c2cc(Br)c(OCc3cccc(F)c3)c(Br)c2)sc2nc3ccccc3n12. The number of nitrogens with zero attached hydrogens (tertiary/aromatic N) is 2. The molecule has 2 heterocycles. The quantitative estimate of drug-likeness (QED) is 0.284. The van der Waals surface area contributed by atoms with Gasteiger partial charge in [0.2, 0.25) is 0 Å². The number of aromatic nitrogens is 2. The summed E-state index contributed by atoms with van der Waals surface area (Å²) in [5, 5.41) is 0. The van der Waals surface area contributed by atoms with Crippen LogP contribution in [0.2, 0.25) is 0 Å². The van der Waals surface area contributed by atoms with Gasteiger partial charge in [-0.05, 0) is 85.5 Å². The van der Waals surface area contributed by atoms with Gasteiger partial charge in [0, 0.05) is 0 Å². The third-order valence-electron chi connectivity index (χ3n) is 4.74. The highest BCUT2D eigenvalue weighted by Crippen LogP contribution is 2.35. The third kappa shape index (κ3) is 3.91. The Morgan fingerprint density at radius 1 is 1.06 bits per heavy atom. The summed E-state index contributed by atoms with van der Waals surface area (Å²) < 4.78 is 22.9. The fourth-order valence-corrected chi connectivity index (χ4v) is 5.78. The van der Waals surface area contributed by atoms with Crippen LogP contribution < -0.4 is 14.8 Å². The van der Waals surface area contributed by atoms with Crippen LogP contribution >= 0.6 is 43.2 Å². The van der Waals surface area contributed by atoms with E-state index in [2.05, 4.69) is 36.8 Å². The van der Waals surface area contributed by atoms with Gasteiger partial charge in [-0.3, -0.25) is 4.79 Å². The van der Waals surface area contributed by atoms with Crippen LogP contribution in [0.15, 0.2) is 74.4 Å². The molecule has 0 N–H and O–H groups in total. The molecule has 0 atom stereocenters. The Labute approximate surface area is 196 Å². The maximum atomic E-state index is 13.4. The fourth-order valence-electron chi connectivity index (χ4n) is 3.35. The van der Waals surface area contributed by atoms with Crippen LogP contribution in [0, 0.1) is 5.82 Å². The third-order valence-corrected chi connectivity index (χ3v) is 6.88. The molecule has 0 unspecified atom stereocenters. The molecule has 0 radical (unpaired) electrons. The molecule has 0 spiro atoms. The lowest BCUT2D eigenvalue weighted by atomic mass is 10.2. The number of fused-ring (bicyclic) bond motifs is 3. The Kier molecular flexibility index (Phi) is 5.37. The molecule has 0 saturated heterocycles. The average Bonchev–Trinajstić information content (AvgIpc) is 3.24. The van der Waals surface area contributed by atoms with Gasteiger partial charge >= 0.3 is 0 Å². The summed E-state index contributed by atoms with van der Waals surface area (Å²) in [4.78, 5) is 18.2. The molecule has 0 aliphatic heterocycles. The van der Waals surface area contributed by atoms with Gasteiger partial charge in [-0.25, -0.2) is 13.8 Å². The number of ether oxygens (including phenoxy) is 1. The highest BCUT2D eigenvalue weighted by molar-refractivity contribution is 9.11. The monoisotopic (exact) mass is 558 g/mol. The Balaban J connectivity index is 1.49. The number of hydrogen-bond donors (Lipinski definition) is 0. The zero-order chi connectivity index (χ0) is 21.5. The molecule has 4 nitrogen and oxygen atoms in total. The number of imidazole rings is 1. The first-order chi connectivity index (χ1) is 15.0. The summed E-state index contributed by atoms with van der Waals surface area (Å²) in [6.07, 6.45) is 1.84. The summed E-state index contributed by atoms with van der Waals surface area (Å²) >= 11 is 8.43. The van der Waals surface area contributed by atoms with Crippen molar-refractivity contribution in [2.75, 3.05) is 0 Å². The molecule has 0 aliphatic carbocycles. The number of benzene rings is 3. The van der Waals surface area contributed by atoms with E-state index < -0.39 is 0 Å². The van der Waals surface area contributed by atoms with Crippen LogP contribution in [0.25, 0.3) is 22.1 Å². The summed E-state index contributed by atoms with van der Waals surface area (Å²) in [6.45, 7) is 0.234. The van der Waals surface area contributed by atoms with Crippen molar-refractivity contribution in [3.05, 3.63) is 101 Å². The lowest BCUT2D eigenvalue weighted by molar-refractivity contribution is 0.301. The summed E-state index contributed by atoms with van der Waals surface area (Å²) in [5.74, 6) is 0.309. The van der Waals surface area contributed by atoms with Gasteiger partial charge in [-0.1, -0.05) is 35.6 Å². The molecule has 0 aliphatic rings. The predicted octanol–water partition coefficient (Wildman–Crippen LogP) is 5.70. The fraction of sp³-hybridized carbons (Fsp3) is 0.0435. The molecule has 2 aromatic heterocycles. The minimum Gasteiger partial charge on any atom is -0.487 e. The van der Waals surface area contributed by atoms with Crippen molar-refractivity contribution in [1.29, 1.82) is 0 Å². The van der Waals surface area contributed by atoms with E-state index in [1.165, 1.54) is 23.5 Å². The average molecular weight is 560 g/mol. The molecule has 3 aromatic carbocycles. The van der Waals surface area contributed by atoms with Gasteiger partial charge < -0.3 is 4.74 Å². The van der Waals surface area contributed by atoms with Crippen molar-refractivity contribution in [2.24, 2.45) is 0 Å². The van der Waals surface area contributed by atoms with E-state index in [9.17, 15) is 9.18 Å². The summed E-state index contributed by atoms with van der Waals surface area (Å²) in [5.41, 5.74) is 3.10. The number of halogens is 3. The number of rotatable bonds is 4. The second-order valence-electron chi connectivity index (χ2n) is 6.87. The molecule has 8 heteroatoms. The van der Waals surface area contributed by atoms with E-state index in [4.69, 9.17) is 4.74 Å². The molecule has 31 heavy (non-hydrogen) atoms. The zero-order valence-corrected chi connectivity index (χ0v) is 19.8. The Morgan fingerprint density at radius 2 is 1.84 bits per heavy atom. The molecule has 0 fully saturated rings. The van der Waals surface area contributed by atoms with Crippen LogP contribution in [0.4, 0.5) is 4.39 Å². The maximum Gasteiger partial charge on any atom is 0.274 e. The second-order valence-corrected chi connectivity index (χ2v) is 9.58. The van der Waals surface area contributed by atoms with Crippen molar-refractivity contribution in [1.82, 2.24) is 9.38 Å². The van der Waals surface area contributed by atoms with Crippen molar-refractivity contribution in [3.63, 3.8) is 0 Å². The lowest BCUT2D eigenvalue weighted by Gasteiger charge is -2.11. The van der Waals surface area contributed by atoms with Crippen LogP contribution in [0.1, 0.15) is 11.1 Å². The van der Waals surface area contributed by atoms with Gasteiger partial charge in [-0.15, -0.1) is 0 Å². The number of hydrogen-bond acceptors (Lipinski definition) is 4. The normalized spacial score (nSPS) is 12.2. The van der Waals surface area contributed by atoms with Gasteiger partial charge in [-0.2, -0.15) is 0 Å². The topological polar surface area (TPSA) is 43.6 Å². The highest BCUT2D eigenvalue weighted by atomic mass is 79.9. The Hall–Kier alpha value is -2.55. The van der Waals surface area contributed by atoms with E-state index in [-0.39, 0.29) is 18.0 Å². The summed E-state index contributed by atoms with van der Waals surface area (Å²) in [6, 6.07) is 17.7. The first-order valence-corrected chi connectivity index (χ1v) is 11.7. The molecule has 0 bridgehead atoms. The van der Waals surface area contributed by atoms with E-state index in [0.29, 0.717) is 15.2 Å². The molecular weight excluding hydrogens is 547 g/mol. The van der Waals surface area contributed by atoms with Crippen molar-refractivity contribution in [3.8, 4) is 5.75 Å². The van der Waals surface area contributed by atoms with E-state index in [1.54, 1.807) is 16.5 Å². The van der Waals surface area contributed by atoms with Crippen molar-refractivity contribution < 1.29 is 9.13 Å². The molecule has 5 rings (SSSR count). The summed E-state index contributed by atoms with van der Waals surface area (Å²) in [7, 11) is 0. The predicted molar refractivity (Wildman–Crippen MR) is 128 cm³/mol. The number of para-hydroxylation sites is 2. The molecule has 0 saturated carbocycles. The molecule has 5 aromatic rings. The minimum atomic E-state index is -0.298. The standard InChI is InChI=1S/C23H13Br2FN2O2S/c24-16-9-14(10-17(25)21(16)30-12-13-4-3-5-15(26)8-13)11-20-22(29)28-19-7-2-1-6-18(19)27-23(28)31-20/h1-11H,12H2/b20-11-. The van der Waals surface area contributed by atoms with Crippen molar-refractivity contribution >= 4 is 65.3 Å². The van der Waals surface area contributed by atoms with E-state index in [0.717, 1.165) is 31.1 Å². The maximum absolute atomic E-state index is 13.4. The van der Waals surface area contributed by atoms with Crippen LogP contribution in [0.3, 0.4) is 0 Å². The van der Waals surface area contributed by atoms with Crippen molar-refractivity contribution in [2.45, 2.75) is 6.61 Å².